The van der Waals surface area contributed by atoms with Crippen molar-refractivity contribution in [3.63, 3.8) is 0 Å². The molecule has 1 aromatic carbocycles. The molecule has 0 radical (unpaired) electrons. The third-order valence-electron chi connectivity index (χ3n) is 3.27. The lowest BCUT2D eigenvalue weighted by molar-refractivity contribution is 0.484. The van der Waals surface area contributed by atoms with Crippen LogP contribution >= 0.6 is 15.9 Å². The van der Waals surface area contributed by atoms with E-state index in [0.29, 0.717) is 5.92 Å². The number of para-hydroxylation sites is 1. The number of nitrogens with one attached hydrogen (secondary N) is 1. The van der Waals surface area contributed by atoms with E-state index in [0.717, 1.165) is 21.1 Å². The Balaban J connectivity index is 2.11. The van der Waals surface area contributed by atoms with Gasteiger partial charge in [-0.25, -0.2) is 4.98 Å². The van der Waals surface area contributed by atoms with Crippen molar-refractivity contribution in [1.29, 1.82) is 0 Å². The average molecular weight is 292 g/mol. The topological polar surface area (TPSA) is 50.9 Å². The fourth-order valence-electron chi connectivity index (χ4n) is 2.19. The Hall–Kier alpha value is -0.970. The van der Waals surface area contributed by atoms with Crippen molar-refractivity contribution in [1.82, 2.24) is 10.4 Å². The molecule has 17 heavy (non-hydrogen) atoms. The highest BCUT2D eigenvalue weighted by Gasteiger charge is 2.33. The molecule has 1 saturated carbocycles. The number of fused-ring (bicyclic) bond motifs is 1. The van der Waals surface area contributed by atoms with Gasteiger partial charge in [0.1, 0.15) is 0 Å². The molecule has 88 valence electrons. The van der Waals surface area contributed by atoms with Gasteiger partial charge in [-0.2, -0.15) is 0 Å². The van der Waals surface area contributed by atoms with Crippen LogP contribution in [0, 0.1) is 5.92 Å². The largest absolute Gasteiger partial charge is 0.271 e. The van der Waals surface area contributed by atoms with Gasteiger partial charge in [0.15, 0.2) is 0 Å². The summed E-state index contributed by atoms with van der Waals surface area (Å²) in [6.45, 7) is 0. The summed E-state index contributed by atoms with van der Waals surface area (Å²) in [5.74, 6) is 6.28. The van der Waals surface area contributed by atoms with E-state index in [-0.39, 0.29) is 6.04 Å². The van der Waals surface area contributed by atoms with Crippen molar-refractivity contribution in [2.45, 2.75) is 18.9 Å². The zero-order valence-corrected chi connectivity index (χ0v) is 10.9. The molecule has 1 heterocycles. The summed E-state index contributed by atoms with van der Waals surface area (Å²) in [5.41, 5.74) is 4.94. The van der Waals surface area contributed by atoms with Crippen molar-refractivity contribution in [3.8, 4) is 0 Å². The Morgan fingerprint density at radius 3 is 2.82 bits per heavy atom. The molecule has 0 amide bonds. The minimum Gasteiger partial charge on any atom is -0.271 e. The number of aromatic nitrogens is 1. The van der Waals surface area contributed by atoms with Crippen LogP contribution in [0.3, 0.4) is 0 Å². The molecule has 2 aromatic rings. The molecule has 1 unspecified atom stereocenters. The van der Waals surface area contributed by atoms with E-state index in [4.69, 9.17) is 10.8 Å². The van der Waals surface area contributed by atoms with Crippen molar-refractivity contribution in [3.05, 3.63) is 40.5 Å². The van der Waals surface area contributed by atoms with Gasteiger partial charge >= 0.3 is 0 Å². The van der Waals surface area contributed by atoms with Gasteiger partial charge in [0.25, 0.3) is 0 Å². The number of halogens is 1. The first-order valence-corrected chi connectivity index (χ1v) is 6.60. The summed E-state index contributed by atoms with van der Waals surface area (Å²) in [6, 6.07) is 10.4. The molecule has 4 heteroatoms. The van der Waals surface area contributed by atoms with Crippen LogP contribution in [-0.2, 0) is 0 Å². The Morgan fingerprint density at radius 2 is 2.12 bits per heavy atom. The fourth-order valence-corrected chi connectivity index (χ4v) is 2.77. The summed E-state index contributed by atoms with van der Waals surface area (Å²) >= 11 is 3.60. The minimum atomic E-state index is 0.161. The first-order valence-electron chi connectivity index (χ1n) is 5.81. The normalized spacial score (nSPS) is 17.3. The lowest BCUT2D eigenvalue weighted by atomic mass is 10.1. The number of hydrazine groups is 1. The number of rotatable bonds is 3. The second-order valence-corrected chi connectivity index (χ2v) is 5.38. The summed E-state index contributed by atoms with van der Waals surface area (Å²) in [7, 11) is 0. The number of nitrogens with zero attached hydrogens (tertiary/aromatic N) is 1. The van der Waals surface area contributed by atoms with Crippen LogP contribution in [0.4, 0.5) is 0 Å². The van der Waals surface area contributed by atoms with E-state index in [1.54, 1.807) is 0 Å². The van der Waals surface area contributed by atoms with Gasteiger partial charge in [-0.1, -0.05) is 18.2 Å². The summed E-state index contributed by atoms with van der Waals surface area (Å²) in [4.78, 5) is 4.72. The highest BCUT2D eigenvalue weighted by Crippen LogP contribution is 2.42. The quantitative estimate of drug-likeness (QED) is 0.675. The van der Waals surface area contributed by atoms with E-state index in [9.17, 15) is 0 Å². The third-order valence-corrected chi connectivity index (χ3v) is 3.91. The molecule has 1 fully saturated rings. The zero-order chi connectivity index (χ0) is 11.8. The van der Waals surface area contributed by atoms with Gasteiger partial charge in [-0.15, -0.1) is 0 Å². The summed E-state index contributed by atoms with van der Waals surface area (Å²) in [5, 5.41) is 1.15. The summed E-state index contributed by atoms with van der Waals surface area (Å²) < 4.78 is 1.03. The van der Waals surface area contributed by atoms with Crippen molar-refractivity contribution in [2.75, 3.05) is 0 Å². The number of hydrogen-bond donors (Lipinski definition) is 2. The fraction of sp³-hybridized carbons (Fsp3) is 0.308. The number of nitrogens with two attached hydrogens (primary N) is 1. The first kappa shape index (κ1) is 11.1. The van der Waals surface area contributed by atoms with Crippen LogP contribution in [0.15, 0.2) is 34.8 Å². The molecular weight excluding hydrogens is 278 g/mol. The van der Waals surface area contributed by atoms with Gasteiger partial charge in [0.05, 0.1) is 17.3 Å². The van der Waals surface area contributed by atoms with E-state index >= 15 is 0 Å². The second kappa shape index (κ2) is 4.37. The zero-order valence-electron chi connectivity index (χ0n) is 9.36. The molecule has 3 rings (SSSR count). The van der Waals surface area contributed by atoms with Gasteiger partial charge in [-0.05, 0) is 46.8 Å². The molecule has 1 aromatic heterocycles. The van der Waals surface area contributed by atoms with Gasteiger partial charge in [-0.3, -0.25) is 11.3 Å². The van der Waals surface area contributed by atoms with Crippen LogP contribution in [0.1, 0.15) is 24.6 Å². The Labute approximate surface area is 109 Å². The van der Waals surface area contributed by atoms with Crippen LogP contribution in [-0.4, -0.2) is 4.98 Å². The molecule has 3 N–H and O–H groups in total. The minimum absolute atomic E-state index is 0.161. The van der Waals surface area contributed by atoms with Crippen LogP contribution in [0.25, 0.3) is 10.9 Å². The number of hydrogen-bond acceptors (Lipinski definition) is 3. The summed E-state index contributed by atoms with van der Waals surface area (Å²) in [6.07, 6.45) is 2.46. The molecule has 1 aliphatic rings. The molecule has 0 saturated heterocycles. The SMILES string of the molecule is NNC(c1nc2ccccc2cc1Br)C1CC1. The smallest absolute Gasteiger partial charge is 0.0738 e. The highest BCUT2D eigenvalue weighted by molar-refractivity contribution is 9.10. The van der Waals surface area contributed by atoms with E-state index in [2.05, 4.69) is 33.5 Å². The highest BCUT2D eigenvalue weighted by atomic mass is 79.9. The lowest BCUT2D eigenvalue weighted by Crippen LogP contribution is -2.30. The maximum absolute atomic E-state index is 5.65. The van der Waals surface area contributed by atoms with E-state index in [1.807, 2.05) is 18.2 Å². The van der Waals surface area contributed by atoms with Gasteiger partial charge in [0, 0.05) is 9.86 Å². The molecule has 0 bridgehead atoms. The molecular formula is C13H14BrN3. The molecule has 1 atom stereocenters. The Morgan fingerprint density at radius 1 is 1.35 bits per heavy atom. The van der Waals surface area contributed by atoms with Crippen LogP contribution in [0.5, 0.6) is 0 Å². The number of benzene rings is 1. The predicted molar refractivity (Wildman–Crippen MR) is 72.2 cm³/mol. The third kappa shape index (κ3) is 2.08. The number of pyridine rings is 1. The second-order valence-electron chi connectivity index (χ2n) is 4.53. The van der Waals surface area contributed by atoms with Gasteiger partial charge in [0.2, 0.25) is 0 Å². The lowest BCUT2D eigenvalue weighted by Gasteiger charge is -2.16. The van der Waals surface area contributed by atoms with Crippen molar-refractivity contribution >= 4 is 26.8 Å². The predicted octanol–water partition coefficient (Wildman–Crippen LogP) is 2.91. The van der Waals surface area contributed by atoms with E-state index < -0.39 is 0 Å². The van der Waals surface area contributed by atoms with Crippen LogP contribution in [0.2, 0.25) is 0 Å². The standard InChI is InChI=1S/C13H14BrN3/c14-10-7-9-3-1-2-4-11(9)16-13(10)12(17-15)8-5-6-8/h1-4,7-8,12,17H,5-6,15H2. The maximum Gasteiger partial charge on any atom is 0.0738 e. The Kier molecular flexibility index (Phi) is 2.86. The van der Waals surface area contributed by atoms with Crippen LogP contribution < -0.4 is 11.3 Å². The average Bonchev–Trinajstić information content (AvgIpc) is 3.15. The molecule has 3 nitrogen and oxygen atoms in total. The van der Waals surface area contributed by atoms with E-state index in [1.165, 1.54) is 12.8 Å². The Bertz CT molecular complexity index is 551. The monoisotopic (exact) mass is 291 g/mol. The maximum atomic E-state index is 5.65. The van der Waals surface area contributed by atoms with Crippen molar-refractivity contribution < 1.29 is 0 Å². The molecule has 0 spiro atoms. The molecule has 0 aliphatic heterocycles. The van der Waals surface area contributed by atoms with Gasteiger partial charge < -0.3 is 0 Å². The van der Waals surface area contributed by atoms with Crippen molar-refractivity contribution in [2.24, 2.45) is 11.8 Å². The molecule has 1 aliphatic carbocycles. The first-order chi connectivity index (χ1) is 8.29.